The second-order valence-electron chi connectivity index (χ2n) is 5.43. The lowest BCUT2D eigenvalue weighted by Crippen LogP contribution is -2.43. The van der Waals surface area contributed by atoms with E-state index in [9.17, 15) is 0 Å². The molecular weight excluding hydrogens is 212 g/mol. The van der Waals surface area contributed by atoms with Gasteiger partial charge in [0.05, 0.1) is 11.7 Å². The number of nitrogens with zero attached hydrogens (tertiary/aromatic N) is 3. The second-order valence-corrected chi connectivity index (χ2v) is 5.43. The van der Waals surface area contributed by atoms with Gasteiger partial charge in [-0.1, -0.05) is 0 Å². The summed E-state index contributed by atoms with van der Waals surface area (Å²) in [7, 11) is 2.04. The third-order valence-electron chi connectivity index (χ3n) is 4.28. The smallest absolute Gasteiger partial charge is 0.0560 e. The van der Waals surface area contributed by atoms with Gasteiger partial charge in [0.25, 0.3) is 0 Å². The summed E-state index contributed by atoms with van der Waals surface area (Å²) in [6.07, 6.45) is 7.20. The van der Waals surface area contributed by atoms with Crippen LogP contribution in [-0.2, 0) is 7.05 Å². The van der Waals surface area contributed by atoms with Gasteiger partial charge in [-0.25, -0.2) is 0 Å². The van der Waals surface area contributed by atoms with Gasteiger partial charge >= 0.3 is 0 Å². The average molecular weight is 234 g/mol. The fraction of sp³-hybridized carbons (Fsp3) is 0.769. The summed E-state index contributed by atoms with van der Waals surface area (Å²) in [5.41, 5.74) is 7.32. The van der Waals surface area contributed by atoms with Crippen LogP contribution in [0.3, 0.4) is 0 Å². The molecule has 1 aliphatic carbocycles. The predicted octanol–water partition coefficient (Wildman–Crippen LogP) is 1.29. The van der Waals surface area contributed by atoms with Crippen LogP contribution in [0.1, 0.15) is 37.4 Å². The largest absolute Gasteiger partial charge is 0.330 e. The van der Waals surface area contributed by atoms with Crippen molar-refractivity contribution in [2.75, 3.05) is 13.1 Å². The first-order valence-electron chi connectivity index (χ1n) is 6.75. The first-order valence-corrected chi connectivity index (χ1v) is 6.75. The highest BCUT2D eigenvalue weighted by molar-refractivity contribution is 5.12. The van der Waals surface area contributed by atoms with Gasteiger partial charge < -0.3 is 5.73 Å². The number of piperidine rings is 1. The van der Waals surface area contributed by atoms with Crippen LogP contribution in [0.4, 0.5) is 0 Å². The number of hydrogen-bond donors (Lipinski definition) is 1. The van der Waals surface area contributed by atoms with Crippen LogP contribution < -0.4 is 5.73 Å². The summed E-state index contributed by atoms with van der Waals surface area (Å²) < 4.78 is 2.02. The topological polar surface area (TPSA) is 47.1 Å². The van der Waals surface area contributed by atoms with Crippen molar-refractivity contribution < 1.29 is 0 Å². The molecule has 4 heteroatoms. The van der Waals surface area contributed by atoms with Gasteiger partial charge in [0.2, 0.25) is 0 Å². The molecule has 3 rings (SSSR count). The van der Waals surface area contributed by atoms with E-state index in [0.29, 0.717) is 12.0 Å². The standard InChI is InChI=1S/C13H22N4/c1-16-12(6-7-15-16)13-10(9-14)3-2-8-17(13)11-4-5-11/h6-7,10-11,13H,2-5,8-9,14H2,1H3/t10-,13+/m0/s1. The van der Waals surface area contributed by atoms with Crippen LogP contribution >= 0.6 is 0 Å². The van der Waals surface area contributed by atoms with Crippen LogP contribution in [0.25, 0.3) is 0 Å². The molecule has 2 fully saturated rings. The maximum Gasteiger partial charge on any atom is 0.0560 e. The molecule has 2 aliphatic rings. The summed E-state index contributed by atoms with van der Waals surface area (Å²) in [4.78, 5) is 2.68. The van der Waals surface area contributed by atoms with E-state index in [1.165, 1.54) is 37.9 Å². The zero-order chi connectivity index (χ0) is 11.8. The van der Waals surface area contributed by atoms with Gasteiger partial charge in [-0.3, -0.25) is 9.58 Å². The van der Waals surface area contributed by atoms with Crippen LogP contribution in [0.5, 0.6) is 0 Å². The summed E-state index contributed by atoms with van der Waals surface area (Å²) in [6.45, 7) is 2.02. The molecule has 1 saturated carbocycles. The molecule has 0 spiro atoms. The highest BCUT2D eigenvalue weighted by atomic mass is 15.3. The van der Waals surface area contributed by atoms with Crippen LogP contribution in [0, 0.1) is 5.92 Å². The fourth-order valence-corrected chi connectivity index (χ4v) is 3.25. The minimum atomic E-state index is 0.494. The number of rotatable bonds is 3. The van der Waals surface area contributed by atoms with Gasteiger partial charge in [0.1, 0.15) is 0 Å². The predicted molar refractivity (Wildman–Crippen MR) is 67.5 cm³/mol. The Balaban J connectivity index is 1.91. The molecule has 0 unspecified atom stereocenters. The first-order chi connectivity index (χ1) is 8.31. The quantitative estimate of drug-likeness (QED) is 0.857. The monoisotopic (exact) mass is 234 g/mol. The Hall–Kier alpha value is -0.870. The van der Waals surface area contributed by atoms with E-state index in [2.05, 4.69) is 16.1 Å². The molecular formula is C13H22N4. The number of likely N-dealkylation sites (tertiary alicyclic amines) is 1. The Labute approximate surface area is 103 Å². The molecule has 1 saturated heterocycles. The average Bonchev–Trinajstić information content (AvgIpc) is 3.11. The van der Waals surface area contributed by atoms with Crippen molar-refractivity contribution in [2.45, 2.75) is 37.8 Å². The zero-order valence-electron chi connectivity index (χ0n) is 10.5. The van der Waals surface area contributed by atoms with Crippen LogP contribution in [-0.4, -0.2) is 33.8 Å². The third kappa shape index (κ3) is 2.00. The maximum atomic E-state index is 5.98. The molecule has 0 amide bonds. The lowest BCUT2D eigenvalue weighted by atomic mass is 9.87. The lowest BCUT2D eigenvalue weighted by Gasteiger charge is -2.41. The first kappa shape index (κ1) is 11.2. The van der Waals surface area contributed by atoms with Crippen molar-refractivity contribution in [3.05, 3.63) is 18.0 Å². The Morgan fingerprint density at radius 1 is 1.41 bits per heavy atom. The van der Waals surface area contributed by atoms with Gasteiger partial charge in [0, 0.05) is 19.3 Å². The van der Waals surface area contributed by atoms with Gasteiger partial charge in [0.15, 0.2) is 0 Å². The molecule has 2 N–H and O–H groups in total. The Bertz CT molecular complexity index is 383. The lowest BCUT2D eigenvalue weighted by molar-refractivity contribution is 0.0822. The van der Waals surface area contributed by atoms with Crippen LogP contribution in [0.2, 0.25) is 0 Å². The Kier molecular flexibility index (Phi) is 2.92. The van der Waals surface area contributed by atoms with Crippen molar-refractivity contribution in [1.82, 2.24) is 14.7 Å². The Morgan fingerprint density at radius 3 is 2.82 bits per heavy atom. The summed E-state index contributed by atoms with van der Waals surface area (Å²) in [5, 5.41) is 4.32. The van der Waals surface area contributed by atoms with Crippen LogP contribution in [0.15, 0.2) is 12.3 Å². The minimum Gasteiger partial charge on any atom is -0.330 e. The highest BCUT2D eigenvalue weighted by Crippen LogP contribution is 2.42. The van der Waals surface area contributed by atoms with Gasteiger partial charge in [-0.2, -0.15) is 5.10 Å². The molecule has 2 heterocycles. The fourth-order valence-electron chi connectivity index (χ4n) is 3.25. The molecule has 2 atom stereocenters. The molecule has 0 bridgehead atoms. The van der Waals surface area contributed by atoms with Gasteiger partial charge in [-0.05, 0) is 50.8 Å². The van der Waals surface area contributed by atoms with Crippen molar-refractivity contribution in [3.8, 4) is 0 Å². The summed E-state index contributed by atoms with van der Waals surface area (Å²) in [5.74, 6) is 0.597. The third-order valence-corrected chi connectivity index (χ3v) is 4.28. The van der Waals surface area contributed by atoms with E-state index in [1.807, 2.05) is 17.9 Å². The van der Waals surface area contributed by atoms with Crippen molar-refractivity contribution >= 4 is 0 Å². The van der Waals surface area contributed by atoms with E-state index in [0.717, 1.165) is 12.6 Å². The molecule has 4 nitrogen and oxygen atoms in total. The SMILES string of the molecule is Cn1nccc1[C@H]1[C@H](CN)CCCN1C1CC1. The minimum absolute atomic E-state index is 0.494. The summed E-state index contributed by atoms with van der Waals surface area (Å²) >= 11 is 0. The van der Waals surface area contributed by atoms with E-state index in [4.69, 9.17) is 5.73 Å². The molecule has 0 radical (unpaired) electrons. The van der Waals surface area contributed by atoms with E-state index in [1.54, 1.807) is 0 Å². The maximum absolute atomic E-state index is 5.98. The number of hydrogen-bond acceptors (Lipinski definition) is 3. The number of aromatic nitrogens is 2. The highest BCUT2D eigenvalue weighted by Gasteiger charge is 2.40. The second kappa shape index (κ2) is 4.42. The van der Waals surface area contributed by atoms with E-state index >= 15 is 0 Å². The summed E-state index contributed by atoms with van der Waals surface area (Å²) in [6, 6.07) is 3.46. The molecule has 0 aromatic carbocycles. The zero-order valence-corrected chi connectivity index (χ0v) is 10.5. The molecule has 1 aliphatic heterocycles. The van der Waals surface area contributed by atoms with E-state index in [-0.39, 0.29) is 0 Å². The molecule has 1 aromatic rings. The van der Waals surface area contributed by atoms with E-state index < -0.39 is 0 Å². The van der Waals surface area contributed by atoms with Crippen molar-refractivity contribution in [3.63, 3.8) is 0 Å². The Morgan fingerprint density at radius 2 is 2.24 bits per heavy atom. The van der Waals surface area contributed by atoms with Crippen molar-refractivity contribution in [1.29, 1.82) is 0 Å². The molecule has 94 valence electrons. The molecule has 1 aromatic heterocycles. The number of aryl methyl sites for hydroxylation is 1. The van der Waals surface area contributed by atoms with Gasteiger partial charge in [-0.15, -0.1) is 0 Å². The van der Waals surface area contributed by atoms with Crippen molar-refractivity contribution in [2.24, 2.45) is 18.7 Å². The number of nitrogens with two attached hydrogens (primary N) is 1. The normalized spacial score (nSPS) is 30.7. The molecule has 17 heavy (non-hydrogen) atoms.